The summed E-state index contributed by atoms with van der Waals surface area (Å²) in [5.74, 6) is -3.74. The van der Waals surface area contributed by atoms with Crippen LogP contribution in [0, 0.1) is 40.5 Å². The fourth-order valence-corrected chi connectivity index (χ4v) is 0.706. The summed E-state index contributed by atoms with van der Waals surface area (Å²) in [5, 5.41) is 40.9. The van der Waals surface area contributed by atoms with E-state index in [-0.39, 0.29) is 0 Å². The second-order valence-corrected chi connectivity index (χ2v) is 2.65. The molecule has 0 aliphatic rings. The average molecular weight is 254 g/mol. The van der Waals surface area contributed by atoms with E-state index < -0.39 is 45.2 Å². The zero-order valence-corrected chi connectivity index (χ0v) is 8.08. The van der Waals surface area contributed by atoms with Gasteiger partial charge in [0.2, 0.25) is 6.54 Å². The second-order valence-electron chi connectivity index (χ2n) is 2.65. The quantitative estimate of drug-likeness (QED) is 0.221. The van der Waals surface area contributed by atoms with E-state index in [0.29, 0.717) is 0 Å². The van der Waals surface area contributed by atoms with Gasteiger partial charge in [0, 0.05) is 4.92 Å². The Kier molecular flexibility index (Phi) is 4.79. The first-order valence-corrected chi connectivity index (χ1v) is 3.88. The number of rotatable bonds is 8. The van der Waals surface area contributed by atoms with Crippen molar-refractivity contribution in [2.24, 2.45) is 0 Å². The van der Waals surface area contributed by atoms with Crippen LogP contribution in [-0.2, 0) is 4.74 Å². The zero-order valence-electron chi connectivity index (χ0n) is 8.08. The summed E-state index contributed by atoms with van der Waals surface area (Å²) < 4.78 is 4.23. The van der Waals surface area contributed by atoms with Crippen molar-refractivity contribution in [1.29, 1.82) is 0 Å². The van der Waals surface area contributed by atoms with E-state index in [1.54, 1.807) is 0 Å². The molecule has 0 rings (SSSR count). The van der Waals surface area contributed by atoms with Crippen molar-refractivity contribution in [1.82, 2.24) is 0 Å². The first kappa shape index (κ1) is 14.6. The van der Waals surface area contributed by atoms with Crippen LogP contribution < -0.4 is 0 Å². The largest absolute Gasteiger partial charge is 0.723 e. The van der Waals surface area contributed by atoms with Crippen LogP contribution in [0.3, 0.4) is 0 Å². The highest BCUT2D eigenvalue weighted by Gasteiger charge is 2.71. The molecule has 0 aromatic carbocycles. The van der Waals surface area contributed by atoms with Crippen molar-refractivity contribution in [3.8, 4) is 0 Å². The fourth-order valence-electron chi connectivity index (χ4n) is 0.706. The van der Waals surface area contributed by atoms with E-state index in [9.17, 15) is 40.5 Å². The SMILES string of the molecule is O=[N+]([O-])CCOCC([N+](=O)[O-])([N+](=O)[O-])[N+](=O)[O-]. The molecule has 17 heavy (non-hydrogen) atoms. The van der Waals surface area contributed by atoms with Gasteiger partial charge in [0.25, 0.3) is 6.61 Å². The maximum Gasteiger partial charge on any atom is 0.723 e. The smallest absolute Gasteiger partial charge is 0.353 e. The van der Waals surface area contributed by atoms with Crippen molar-refractivity contribution >= 4 is 0 Å². The van der Waals surface area contributed by atoms with Crippen LogP contribution in [0.4, 0.5) is 0 Å². The molecule has 0 saturated heterocycles. The molecule has 0 fully saturated rings. The predicted molar refractivity (Wildman–Crippen MR) is 46.4 cm³/mol. The van der Waals surface area contributed by atoms with Gasteiger partial charge in [-0.25, -0.2) is 0 Å². The monoisotopic (exact) mass is 254 g/mol. The minimum absolute atomic E-state index is 0.704. The first-order chi connectivity index (χ1) is 7.75. The van der Waals surface area contributed by atoms with E-state index >= 15 is 0 Å². The summed E-state index contributed by atoms with van der Waals surface area (Å²) in [7, 11) is 0. The van der Waals surface area contributed by atoms with Crippen LogP contribution in [0.5, 0.6) is 0 Å². The third-order valence-corrected chi connectivity index (χ3v) is 1.59. The maximum atomic E-state index is 10.3. The summed E-state index contributed by atoms with van der Waals surface area (Å²) in [5.41, 5.74) is 0. The molecule has 13 nitrogen and oxygen atoms in total. The van der Waals surface area contributed by atoms with Gasteiger partial charge in [0.1, 0.15) is 6.61 Å². The normalized spacial score (nSPS) is 10.8. The lowest BCUT2D eigenvalue weighted by Gasteiger charge is -2.08. The van der Waals surface area contributed by atoms with Gasteiger partial charge in [0.05, 0.1) is 0 Å². The summed E-state index contributed by atoms with van der Waals surface area (Å²) in [6.45, 7) is -2.97. The summed E-state index contributed by atoms with van der Waals surface area (Å²) in [6.07, 6.45) is 0. The van der Waals surface area contributed by atoms with Crippen LogP contribution in [-0.4, -0.2) is 45.2 Å². The molecule has 0 N–H and O–H groups in total. The molecular weight excluding hydrogens is 248 g/mol. The minimum Gasteiger partial charge on any atom is -0.353 e. The van der Waals surface area contributed by atoms with Gasteiger partial charge in [-0.3, -0.25) is 40.5 Å². The van der Waals surface area contributed by atoms with Crippen LogP contribution in [0.25, 0.3) is 0 Å². The Morgan fingerprint density at radius 2 is 1.29 bits per heavy atom. The lowest BCUT2D eigenvalue weighted by Crippen LogP contribution is -2.56. The molecule has 0 unspecified atom stereocenters. The van der Waals surface area contributed by atoms with Gasteiger partial charge in [-0.15, -0.1) is 0 Å². The Morgan fingerprint density at radius 1 is 0.882 bits per heavy atom. The lowest BCUT2D eigenvalue weighted by atomic mass is 10.4. The van der Waals surface area contributed by atoms with Gasteiger partial charge < -0.3 is 4.74 Å². The van der Waals surface area contributed by atoms with Crippen LogP contribution in [0.15, 0.2) is 0 Å². The minimum atomic E-state index is -3.74. The second kappa shape index (κ2) is 5.59. The van der Waals surface area contributed by atoms with Crippen LogP contribution in [0.1, 0.15) is 0 Å². The summed E-state index contributed by atoms with van der Waals surface area (Å²) in [4.78, 5) is 34.9. The van der Waals surface area contributed by atoms with Gasteiger partial charge in [-0.05, 0) is 0 Å². The van der Waals surface area contributed by atoms with Crippen molar-refractivity contribution in [3.63, 3.8) is 0 Å². The van der Waals surface area contributed by atoms with E-state index in [1.807, 2.05) is 0 Å². The van der Waals surface area contributed by atoms with Gasteiger partial charge in [-0.1, -0.05) is 0 Å². The van der Waals surface area contributed by atoms with Gasteiger partial charge >= 0.3 is 5.79 Å². The van der Waals surface area contributed by atoms with Crippen molar-refractivity contribution in [2.75, 3.05) is 19.8 Å². The topological polar surface area (TPSA) is 182 Å². The molecular formula is C4H6N4O9. The van der Waals surface area contributed by atoms with Crippen molar-refractivity contribution in [2.45, 2.75) is 5.79 Å². The van der Waals surface area contributed by atoms with E-state index in [0.717, 1.165) is 0 Å². The molecule has 0 atom stereocenters. The molecule has 0 aliphatic carbocycles. The van der Waals surface area contributed by atoms with Crippen molar-refractivity contribution in [3.05, 3.63) is 40.5 Å². The Bertz CT molecular complexity index is 317. The Morgan fingerprint density at radius 3 is 1.59 bits per heavy atom. The predicted octanol–water partition coefficient (Wildman–Crippen LogP) is -1.24. The Hall–Kier alpha value is -2.44. The number of ether oxygens (including phenoxy) is 1. The average Bonchev–Trinajstić information content (AvgIpc) is 2.15. The molecule has 0 bridgehead atoms. The zero-order chi connectivity index (χ0) is 13.6. The summed E-state index contributed by atoms with van der Waals surface area (Å²) >= 11 is 0. The fraction of sp³-hybridized carbons (Fsp3) is 1.00. The van der Waals surface area contributed by atoms with Crippen LogP contribution >= 0.6 is 0 Å². The molecule has 0 saturated carbocycles. The van der Waals surface area contributed by atoms with Gasteiger partial charge in [-0.2, -0.15) is 0 Å². The molecule has 0 aromatic heterocycles. The van der Waals surface area contributed by atoms with Crippen LogP contribution in [0.2, 0.25) is 0 Å². The molecule has 0 heterocycles. The molecule has 96 valence electrons. The Labute approximate surface area is 91.6 Å². The van der Waals surface area contributed by atoms with Gasteiger partial charge in [0.15, 0.2) is 14.8 Å². The third kappa shape index (κ3) is 3.26. The molecule has 0 amide bonds. The standard InChI is InChI=1S/C4H6N4O9/c9-5(10)1-2-17-3-4(6(11)12,7(13)14)8(15)16/h1-3H2. The summed E-state index contributed by atoms with van der Waals surface area (Å²) in [6, 6.07) is 0. The number of nitrogens with zero attached hydrogens (tertiary/aromatic N) is 4. The Balaban J connectivity index is 4.72. The van der Waals surface area contributed by atoms with E-state index in [4.69, 9.17) is 0 Å². The molecule has 0 radical (unpaired) electrons. The first-order valence-electron chi connectivity index (χ1n) is 3.88. The third-order valence-electron chi connectivity index (χ3n) is 1.59. The molecule has 13 heteroatoms. The maximum absolute atomic E-state index is 10.3. The molecule has 0 spiro atoms. The highest BCUT2D eigenvalue weighted by molar-refractivity contribution is 4.51. The number of hydrogen-bond acceptors (Lipinski definition) is 9. The molecule has 0 aliphatic heterocycles. The number of nitro groups is 4. The highest BCUT2D eigenvalue weighted by atomic mass is 16.7. The van der Waals surface area contributed by atoms with Crippen molar-refractivity contribution < 1.29 is 24.4 Å². The number of hydrogen-bond donors (Lipinski definition) is 0. The highest BCUT2D eigenvalue weighted by Crippen LogP contribution is 2.12. The lowest BCUT2D eigenvalue weighted by molar-refractivity contribution is -0.970. The molecule has 0 aromatic rings. The van der Waals surface area contributed by atoms with E-state index in [1.165, 1.54) is 0 Å². The van der Waals surface area contributed by atoms with E-state index in [2.05, 4.69) is 4.74 Å².